The van der Waals surface area contributed by atoms with Gasteiger partial charge in [0.15, 0.2) is 0 Å². The van der Waals surface area contributed by atoms with Gasteiger partial charge in [0.25, 0.3) is 0 Å². The molecular formula is C20H31ClN4O3S. The third kappa shape index (κ3) is 5.60. The number of hydrogen-bond acceptors (Lipinski definition) is 6. The molecule has 7 nitrogen and oxygen atoms in total. The van der Waals surface area contributed by atoms with Crippen LogP contribution in [0.1, 0.15) is 32.1 Å². The van der Waals surface area contributed by atoms with Crippen molar-refractivity contribution in [1.29, 1.82) is 0 Å². The maximum atomic E-state index is 11.6. The van der Waals surface area contributed by atoms with E-state index in [4.69, 9.17) is 16.3 Å². The summed E-state index contributed by atoms with van der Waals surface area (Å²) in [7, 11) is -3.04. The van der Waals surface area contributed by atoms with Crippen LogP contribution in [0.3, 0.4) is 0 Å². The molecule has 0 bridgehead atoms. The van der Waals surface area contributed by atoms with E-state index in [0.29, 0.717) is 29.9 Å². The van der Waals surface area contributed by atoms with Crippen molar-refractivity contribution >= 4 is 27.6 Å². The van der Waals surface area contributed by atoms with Crippen LogP contribution >= 0.6 is 11.6 Å². The lowest BCUT2D eigenvalue weighted by atomic mass is 9.91. The number of ether oxygens (including phenoxy) is 1. The second-order valence-electron chi connectivity index (χ2n) is 8.83. The van der Waals surface area contributed by atoms with E-state index >= 15 is 0 Å². The fourth-order valence-corrected chi connectivity index (χ4v) is 5.80. The second kappa shape index (κ2) is 9.04. The second-order valence-corrected chi connectivity index (χ2v) is 11.2. The number of piperidine rings is 2. The van der Waals surface area contributed by atoms with Crippen molar-refractivity contribution < 1.29 is 13.2 Å². The van der Waals surface area contributed by atoms with Crippen molar-refractivity contribution in [2.75, 3.05) is 50.5 Å². The maximum Gasteiger partial charge on any atom is 0.225 e. The lowest BCUT2D eigenvalue weighted by Gasteiger charge is -2.32. The van der Waals surface area contributed by atoms with Gasteiger partial charge in [-0.05, 0) is 55.8 Å². The Morgan fingerprint density at radius 1 is 1.07 bits per heavy atom. The molecule has 0 spiro atoms. The molecule has 2 atom stereocenters. The van der Waals surface area contributed by atoms with Crippen molar-refractivity contribution in [2.45, 2.75) is 32.1 Å². The van der Waals surface area contributed by atoms with E-state index in [1.807, 2.05) is 0 Å². The Bertz CT molecular complexity index is 775. The van der Waals surface area contributed by atoms with Gasteiger partial charge >= 0.3 is 0 Å². The van der Waals surface area contributed by atoms with E-state index in [9.17, 15) is 8.42 Å². The third-order valence-corrected chi connectivity index (χ3v) is 8.24. The van der Waals surface area contributed by atoms with Crippen LogP contribution < -0.4 is 4.90 Å². The highest BCUT2D eigenvalue weighted by molar-refractivity contribution is 7.88. The van der Waals surface area contributed by atoms with Crippen molar-refractivity contribution in [3.05, 3.63) is 17.4 Å². The van der Waals surface area contributed by atoms with Gasteiger partial charge in [0.2, 0.25) is 16.0 Å². The topological polar surface area (TPSA) is 75.6 Å². The van der Waals surface area contributed by atoms with Crippen LogP contribution in [0, 0.1) is 23.7 Å². The first-order valence-electron chi connectivity index (χ1n) is 10.7. The Hall–Kier alpha value is -0.960. The monoisotopic (exact) mass is 442 g/mol. The van der Waals surface area contributed by atoms with E-state index in [-0.39, 0.29) is 0 Å². The van der Waals surface area contributed by atoms with Crippen molar-refractivity contribution in [2.24, 2.45) is 23.7 Å². The number of aromatic nitrogens is 2. The van der Waals surface area contributed by atoms with Crippen LogP contribution in [0.4, 0.5) is 5.95 Å². The smallest absolute Gasteiger partial charge is 0.225 e. The molecule has 29 heavy (non-hydrogen) atoms. The number of rotatable bonds is 7. The highest BCUT2D eigenvalue weighted by Crippen LogP contribution is 2.48. The Kier molecular flexibility index (Phi) is 6.63. The van der Waals surface area contributed by atoms with Crippen molar-refractivity contribution in [3.63, 3.8) is 0 Å². The first-order valence-corrected chi connectivity index (χ1v) is 12.9. The molecule has 1 aromatic rings. The molecule has 4 rings (SSSR count). The number of sulfonamides is 1. The van der Waals surface area contributed by atoms with Gasteiger partial charge in [-0.1, -0.05) is 11.6 Å². The van der Waals surface area contributed by atoms with Gasteiger partial charge in [-0.25, -0.2) is 22.7 Å². The molecule has 0 N–H and O–H groups in total. The molecule has 1 aromatic heterocycles. The first kappa shape index (κ1) is 21.3. The summed E-state index contributed by atoms with van der Waals surface area (Å²) in [4.78, 5) is 10.9. The maximum absolute atomic E-state index is 11.6. The summed E-state index contributed by atoms with van der Waals surface area (Å²) in [6, 6.07) is 0. The Labute approximate surface area is 178 Å². The average molecular weight is 443 g/mol. The standard InChI is InChI=1S/C20H31ClN4O3S/c1-29(26,27)25-8-2-15(3-9-25)13-28-14-17-10-19(17)16-4-6-24(7-5-16)20-22-11-18(21)12-23-20/h11-12,15-17,19H,2-10,13-14H2,1H3/t17-,19+/m0/s1. The van der Waals surface area contributed by atoms with Gasteiger partial charge in [0.05, 0.1) is 23.7 Å². The van der Waals surface area contributed by atoms with E-state index in [1.54, 1.807) is 16.7 Å². The van der Waals surface area contributed by atoms with Gasteiger partial charge in [0, 0.05) is 39.4 Å². The lowest BCUT2D eigenvalue weighted by molar-refractivity contribution is 0.0685. The number of nitrogens with zero attached hydrogens (tertiary/aromatic N) is 4. The fraction of sp³-hybridized carbons (Fsp3) is 0.800. The number of hydrogen-bond donors (Lipinski definition) is 0. The van der Waals surface area contributed by atoms with Gasteiger partial charge in [-0.3, -0.25) is 0 Å². The molecule has 0 amide bonds. The van der Waals surface area contributed by atoms with Gasteiger partial charge in [-0.2, -0.15) is 0 Å². The summed E-state index contributed by atoms with van der Waals surface area (Å²) in [6.45, 7) is 4.92. The minimum atomic E-state index is -3.04. The molecule has 3 fully saturated rings. The molecular weight excluding hydrogens is 412 g/mol. The summed E-state index contributed by atoms with van der Waals surface area (Å²) in [6.07, 6.45) is 10.1. The molecule has 0 radical (unpaired) electrons. The molecule has 0 unspecified atom stereocenters. The quantitative estimate of drug-likeness (QED) is 0.646. The van der Waals surface area contributed by atoms with Crippen LogP contribution in [0.25, 0.3) is 0 Å². The molecule has 1 saturated carbocycles. The molecule has 3 heterocycles. The normalized spacial score (nSPS) is 27.3. The minimum absolute atomic E-state index is 0.493. The SMILES string of the molecule is CS(=O)(=O)N1CCC(COC[C@@H]2C[C@@H]2C2CCN(c3ncc(Cl)cn3)CC2)CC1. The molecule has 3 aliphatic rings. The van der Waals surface area contributed by atoms with Crippen LogP contribution in [-0.2, 0) is 14.8 Å². The van der Waals surface area contributed by atoms with Gasteiger partial charge < -0.3 is 9.64 Å². The zero-order valence-electron chi connectivity index (χ0n) is 17.0. The first-order chi connectivity index (χ1) is 13.9. The Morgan fingerprint density at radius 3 is 2.34 bits per heavy atom. The van der Waals surface area contributed by atoms with Crippen LogP contribution in [0.15, 0.2) is 12.4 Å². The zero-order valence-corrected chi connectivity index (χ0v) is 18.6. The molecule has 9 heteroatoms. The van der Waals surface area contributed by atoms with Crippen molar-refractivity contribution in [3.8, 4) is 0 Å². The summed E-state index contributed by atoms with van der Waals surface area (Å²) in [5.74, 6) is 3.56. The van der Waals surface area contributed by atoms with Gasteiger partial charge in [0.1, 0.15) is 0 Å². The number of anilines is 1. The summed E-state index contributed by atoms with van der Waals surface area (Å²) < 4.78 is 30.8. The van der Waals surface area contributed by atoms with Gasteiger partial charge in [-0.15, -0.1) is 0 Å². The predicted molar refractivity (Wildman–Crippen MR) is 114 cm³/mol. The van der Waals surface area contributed by atoms with Crippen LogP contribution in [0.5, 0.6) is 0 Å². The summed E-state index contributed by atoms with van der Waals surface area (Å²) in [5.41, 5.74) is 0. The molecule has 0 aromatic carbocycles. The lowest BCUT2D eigenvalue weighted by Crippen LogP contribution is -2.38. The van der Waals surface area contributed by atoms with Crippen LogP contribution in [0.2, 0.25) is 5.02 Å². The molecule has 162 valence electrons. The minimum Gasteiger partial charge on any atom is -0.381 e. The fourth-order valence-electron chi connectivity index (χ4n) is 4.83. The third-order valence-electron chi connectivity index (χ3n) is 6.74. The van der Waals surface area contributed by atoms with E-state index in [2.05, 4.69) is 14.9 Å². The van der Waals surface area contributed by atoms with Crippen molar-refractivity contribution in [1.82, 2.24) is 14.3 Å². The highest BCUT2D eigenvalue weighted by atomic mass is 35.5. The average Bonchev–Trinajstić information content (AvgIpc) is 3.48. The Morgan fingerprint density at radius 2 is 1.72 bits per heavy atom. The predicted octanol–water partition coefficient (Wildman–Crippen LogP) is 2.67. The number of halogens is 1. The van der Waals surface area contributed by atoms with Crippen LogP contribution in [-0.4, -0.2) is 68.3 Å². The van der Waals surface area contributed by atoms with E-state index in [0.717, 1.165) is 56.9 Å². The Balaban J connectivity index is 1.12. The summed E-state index contributed by atoms with van der Waals surface area (Å²) >= 11 is 5.87. The largest absolute Gasteiger partial charge is 0.381 e. The molecule has 2 saturated heterocycles. The van der Waals surface area contributed by atoms with E-state index in [1.165, 1.54) is 25.5 Å². The molecule has 2 aliphatic heterocycles. The zero-order chi connectivity index (χ0) is 20.4. The summed E-state index contributed by atoms with van der Waals surface area (Å²) in [5, 5.41) is 0.574. The van der Waals surface area contributed by atoms with E-state index < -0.39 is 10.0 Å². The highest BCUT2D eigenvalue weighted by Gasteiger charge is 2.43. The molecule has 1 aliphatic carbocycles.